The van der Waals surface area contributed by atoms with Crippen LogP contribution in [0.25, 0.3) is 0 Å². The molecule has 0 saturated heterocycles. The van der Waals surface area contributed by atoms with E-state index in [-0.39, 0.29) is 0 Å². The van der Waals surface area contributed by atoms with Crippen LogP contribution in [0.5, 0.6) is 0 Å². The van der Waals surface area contributed by atoms with Crippen LogP contribution in [0.3, 0.4) is 0 Å². The zero-order chi connectivity index (χ0) is 12.7. The summed E-state index contributed by atoms with van der Waals surface area (Å²) < 4.78 is 0. The van der Waals surface area contributed by atoms with Gasteiger partial charge in [-0.05, 0) is 31.9 Å². The van der Waals surface area contributed by atoms with Crippen molar-refractivity contribution in [2.45, 2.75) is 19.8 Å². The Morgan fingerprint density at radius 1 is 1.18 bits per heavy atom. The Labute approximate surface area is 105 Å². The molecule has 92 valence electrons. The Morgan fingerprint density at radius 2 is 1.82 bits per heavy atom. The molecular weight excluding hydrogens is 208 g/mol. The van der Waals surface area contributed by atoms with Crippen molar-refractivity contribution < 1.29 is 0 Å². The van der Waals surface area contributed by atoms with Gasteiger partial charge in [0, 0.05) is 13.6 Å². The molecule has 2 heteroatoms. The molecule has 0 saturated carbocycles. The third-order valence-corrected chi connectivity index (χ3v) is 2.62. The second kappa shape index (κ2) is 6.92. The molecule has 17 heavy (non-hydrogen) atoms. The topological polar surface area (TPSA) is 15.3 Å². The van der Waals surface area contributed by atoms with E-state index in [2.05, 4.69) is 37.6 Å². The molecule has 0 aliphatic heterocycles. The van der Waals surface area contributed by atoms with Crippen LogP contribution in [0.15, 0.2) is 54.6 Å². The van der Waals surface area contributed by atoms with Crippen LogP contribution < -0.4 is 10.4 Å². The minimum Gasteiger partial charge on any atom is -0.311 e. The number of benzene rings is 1. The van der Waals surface area contributed by atoms with Gasteiger partial charge in [-0.15, -0.1) is 6.58 Å². The molecule has 0 bridgehead atoms. The van der Waals surface area contributed by atoms with Crippen LogP contribution in [0.2, 0.25) is 0 Å². The fraction of sp³-hybridized carbons (Fsp3) is 0.333. The van der Waals surface area contributed by atoms with Crippen LogP contribution in [0.4, 0.5) is 5.69 Å². The van der Waals surface area contributed by atoms with E-state index in [4.69, 9.17) is 0 Å². The number of anilines is 1. The number of para-hydroxylation sites is 1. The summed E-state index contributed by atoms with van der Waals surface area (Å²) in [6, 6.07) is 10.2. The highest BCUT2D eigenvalue weighted by Gasteiger charge is 2.00. The van der Waals surface area contributed by atoms with E-state index >= 15 is 0 Å². The lowest BCUT2D eigenvalue weighted by Crippen LogP contribution is -2.35. The predicted octanol–water partition coefficient (Wildman–Crippen LogP) is 3.54. The number of allylic oxidation sites excluding steroid dienone is 1. The molecular formula is C15H22N2. The lowest BCUT2D eigenvalue weighted by atomic mass is 10.1. The minimum atomic E-state index is 0.804. The van der Waals surface area contributed by atoms with Crippen molar-refractivity contribution in [2.75, 3.05) is 18.6 Å². The maximum absolute atomic E-state index is 4.06. The van der Waals surface area contributed by atoms with Crippen molar-refractivity contribution in [1.82, 2.24) is 5.43 Å². The molecule has 1 rings (SSSR count). The largest absolute Gasteiger partial charge is 0.311 e. The van der Waals surface area contributed by atoms with Crippen molar-refractivity contribution in [3.8, 4) is 0 Å². The molecule has 0 aliphatic carbocycles. The van der Waals surface area contributed by atoms with Gasteiger partial charge in [0.1, 0.15) is 0 Å². The third-order valence-electron chi connectivity index (χ3n) is 2.62. The molecule has 1 aromatic rings. The van der Waals surface area contributed by atoms with E-state index in [0.717, 1.165) is 25.1 Å². The maximum atomic E-state index is 4.06. The van der Waals surface area contributed by atoms with Crippen molar-refractivity contribution >= 4 is 5.69 Å². The van der Waals surface area contributed by atoms with Crippen LogP contribution in [0, 0.1) is 0 Å². The van der Waals surface area contributed by atoms with Gasteiger partial charge in [-0.2, -0.15) is 0 Å². The molecule has 0 aliphatic rings. The van der Waals surface area contributed by atoms with E-state index in [9.17, 15) is 0 Å². The van der Waals surface area contributed by atoms with Crippen LogP contribution in [-0.2, 0) is 0 Å². The molecule has 1 N–H and O–H groups in total. The Kier molecular flexibility index (Phi) is 5.50. The summed E-state index contributed by atoms with van der Waals surface area (Å²) in [6.07, 6.45) is 2.03. The van der Waals surface area contributed by atoms with E-state index in [1.54, 1.807) is 0 Å². The Bertz CT molecular complexity index is 368. The minimum absolute atomic E-state index is 0.804. The lowest BCUT2D eigenvalue weighted by Gasteiger charge is -2.21. The van der Waals surface area contributed by atoms with Crippen LogP contribution in [0.1, 0.15) is 19.8 Å². The summed E-state index contributed by atoms with van der Waals surface area (Å²) in [4.78, 5) is 0. The normalized spacial score (nSPS) is 10.0. The fourth-order valence-electron chi connectivity index (χ4n) is 1.45. The first kappa shape index (κ1) is 13.5. The highest BCUT2D eigenvalue weighted by atomic mass is 15.5. The standard InChI is InChI=1S/C15H22N2/c1-13(2)10-11-14(3)12-16-17(4)15-8-6-5-7-9-15/h5-9,16H,1,3,10-12H2,2,4H3. The van der Waals surface area contributed by atoms with Gasteiger partial charge in [-0.25, -0.2) is 5.43 Å². The second-order valence-electron chi connectivity index (χ2n) is 4.44. The van der Waals surface area contributed by atoms with E-state index in [1.807, 2.05) is 30.3 Å². The number of hydrogen-bond acceptors (Lipinski definition) is 2. The van der Waals surface area contributed by atoms with Gasteiger partial charge in [-0.1, -0.05) is 35.9 Å². The summed E-state index contributed by atoms with van der Waals surface area (Å²) in [5.74, 6) is 0. The third kappa shape index (κ3) is 5.36. The SMILES string of the molecule is C=C(C)CCC(=C)CNN(C)c1ccccc1. The molecule has 0 heterocycles. The number of rotatable bonds is 7. The monoisotopic (exact) mass is 230 g/mol. The van der Waals surface area contributed by atoms with Gasteiger partial charge in [0.15, 0.2) is 0 Å². The molecule has 0 unspecified atom stereocenters. The second-order valence-corrected chi connectivity index (χ2v) is 4.44. The number of hydrogen-bond donors (Lipinski definition) is 1. The molecule has 0 atom stereocenters. The Balaban J connectivity index is 2.31. The first-order valence-electron chi connectivity index (χ1n) is 5.93. The Hall–Kier alpha value is -1.54. The first-order chi connectivity index (χ1) is 8.09. The highest BCUT2D eigenvalue weighted by molar-refractivity contribution is 5.43. The fourth-order valence-corrected chi connectivity index (χ4v) is 1.45. The van der Waals surface area contributed by atoms with Crippen LogP contribution in [-0.4, -0.2) is 13.6 Å². The van der Waals surface area contributed by atoms with Crippen molar-refractivity contribution in [3.63, 3.8) is 0 Å². The van der Waals surface area contributed by atoms with Crippen LogP contribution >= 0.6 is 0 Å². The molecule has 0 fully saturated rings. The highest BCUT2D eigenvalue weighted by Crippen LogP contribution is 2.10. The molecule has 0 spiro atoms. The van der Waals surface area contributed by atoms with E-state index < -0.39 is 0 Å². The zero-order valence-corrected chi connectivity index (χ0v) is 10.9. The molecule has 2 nitrogen and oxygen atoms in total. The summed E-state index contributed by atoms with van der Waals surface area (Å²) in [6.45, 7) is 10.8. The van der Waals surface area contributed by atoms with Gasteiger partial charge in [0.05, 0.1) is 5.69 Å². The average molecular weight is 230 g/mol. The summed E-state index contributed by atoms with van der Waals surface area (Å²) in [7, 11) is 2.02. The van der Waals surface area contributed by atoms with E-state index in [1.165, 1.54) is 11.1 Å². The van der Waals surface area contributed by atoms with Gasteiger partial charge in [-0.3, -0.25) is 0 Å². The molecule has 0 radical (unpaired) electrons. The quantitative estimate of drug-likeness (QED) is 0.569. The molecule has 0 amide bonds. The summed E-state index contributed by atoms with van der Waals surface area (Å²) >= 11 is 0. The predicted molar refractivity (Wildman–Crippen MR) is 76.0 cm³/mol. The summed E-state index contributed by atoms with van der Waals surface area (Å²) in [5, 5.41) is 2.02. The van der Waals surface area contributed by atoms with Gasteiger partial charge in [0.25, 0.3) is 0 Å². The van der Waals surface area contributed by atoms with Crippen molar-refractivity contribution in [3.05, 3.63) is 54.6 Å². The lowest BCUT2D eigenvalue weighted by molar-refractivity contribution is 0.702. The van der Waals surface area contributed by atoms with Gasteiger partial charge >= 0.3 is 0 Å². The number of nitrogens with zero attached hydrogens (tertiary/aromatic N) is 1. The number of nitrogens with one attached hydrogen (secondary N) is 1. The smallest absolute Gasteiger partial charge is 0.0516 e. The van der Waals surface area contributed by atoms with Crippen molar-refractivity contribution in [1.29, 1.82) is 0 Å². The number of hydrazine groups is 1. The first-order valence-corrected chi connectivity index (χ1v) is 5.93. The van der Waals surface area contributed by atoms with Gasteiger partial charge in [0.2, 0.25) is 0 Å². The zero-order valence-electron chi connectivity index (χ0n) is 10.9. The van der Waals surface area contributed by atoms with E-state index in [0.29, 0.717) is 0 Å². The maximum Gasteiger partial charge on any atom is 0.0516 e. The Morgan fingerprint density at radius 3 is 2.41 bits per heavy atom. The molecule has 0 aromatic heterocycles. The van der Waals surface area contributed by atoms with Gasteiger partial charge < -0.3 is 5.01 Å². The summed E-state index contributed by atoms with van der Waals surface area (Å²) in [5.41, 5.74) is 6.89. The molecule has 1 aromatic carbocycles. The van der Waals surface area contributed by atoms with Crippen molar-refractivity contribution in [2.24, 2.45) is 0 Å². The average Bonchev–Trinajstić information content (AvgIpc) is 2.34.